The van der Waals surface area contributed by atoms with Gasteiger partial charge in [0.2, 0.25) is 11.8 Å². The fourth-order valence-corrected chi connectivity index (χ4v) is 4.02. The van der Waals surface area contributed by atoms with Crippen LogP contribution < -0.4 is 10.1 Å². The Morgan fingerprint density at radius 1 is 1.10 bits per heavy atom. The quantitative estimate of drug-likeness (QED) is 0.622. The van der Waals surface area contributed by atoms with Gasteiger partial charge in [0.15, 0.2) is 0 Å². The van der Waals surface area contributed by atoms with E-state index in [2.05, 4.69) is 27.6 Å². The standard InChI is InChI=1S/C24H27N3O4/c1-3-30-19-10-8-18(9-11-19)24(12-14-29-15-13-24)16-25-22(28)20-6-4-5-7-21(20)23-27-26-17(2)31-23/h4-11H,3,12-16H2,1-2H3,(H,25,28). The minimum atomic E-state index is -0.186. The third-order valence-electron chi connectivity index (χ3n) is 5.74. The van der Waals surface area contributed by atoms with Crippen LogP contribution >= 0.6 is 0 Å². The molecule has 162 valence electrons. The zero-order valence-electron chi connectivity index (χ0n) is 17.9. The van der Waals surface area contributed by atoms with Crippen molar-refractivity contribution in [2.75, 3.05) is 26.4 Å². The van der Waals surface area contributed by atoms with E-state index >= 15 is 0 Å². The Morgan fingerprint density at radius 2 is 1.84 bits per heavy atom. The number of nitrogens with zero attached hydrogens (tertiary/aromatic N) is 2. The first kappa shape index (κ1) is 21.1. The third-order valence-corrected chi connectivity index (χ3v) is 5.74. The van der Waals surface area contributed by atoms with Gasteiger partial charge in [-0.15, -0.1) is 10.2 Å². The van der Waals surface area contributed by atoms with E-state index in [4.69, 9.17) is 13.9 Å². The van der Waals surface area contributed by atoms with Crippen LogP contribution in [0.1, 0.15) is 41.6 Å². The van der Waals surface area contributed by atoms with Crippen molar-refractivity contribution in [3.63, 3.8) is 0 Å². The second kappa shape index (κ2) is 9.31. The zero-order valence-corrected chi connectivity index (χ0v) is 17.9. The Hall–Kier alpha value is -3.19. The van der Waals surface area contributed by atoms with Crippen LogP contribution in [0.15, 0.2) is 52.9 Å². The summed E-state index contributed by atoms with van der Waals surface area (Å²) in [4.78, 5) is 13.1. The molecule has 1 N–H and O–H groups in total. The first-order valence-corrected chi connectivity index (χ1v) is 10.6. The molecule has 1 aliphatic rings. The van der Waals surface area contributed by atoms with Crippen molar-refractivity contribution in [1.82, 2.24) is 15.5 Å². The molecule has 0 saturated carbocycles. The summed E-state index contributed by atoms with van der Waals surface area (Å²) in [5, 5.41) is 11.1. The van der Waals surface area contributed by atoms with Gasteiger partial charge in [0.05, 0.1) is 17.7 Å². The van der Waals surface area contributed by atoms with E-state index in [1.807, 2.05) is 37.3 Å². The Kier molecular flexibility index (Phi) is 6.32. The number of benzene rings is 2. The second-order valence-corrected chi connectivity index (χ2v) is 7.70. The number of ether oxygens (including phenoxy) is 2. The zero-order chi connectivity index (χ0) is 21.7. The monoisotopic (exact) mass is 421 g/mol. The number of carbonyl (C=O) groups excluding carboxylic acids is 1. The van der Waals surface area contributed by atoms with E-state index < -0.39 is 0 Å². The van der Waals surface area contributed by atoms with Crippen LogP contribution in [0.3, 0.4) is 0 Å². The van der Waals surface area contributed by atoms with Gasteiger partial charge in [0.25, 0.3) is 5.91 Å². The van der Waals surface area contributed by atoms with Gasteiger partial charge in [-0.2, -0.15) is 0 Å². The highest BCUT2D eigenvalue weighted by molar-refractivity contribution is 6.00. The molecule has 4 rings (SSSR count). The summed E-state index contributed by atoms with van der Waals surface area (Å²) in [6, 6.07) is 15.4. The van der Waals surface area contributed by atoms with E-state index in [0.29, 0.717) is 49.3 Å². The number of hydrogen-bond acceptors (Lipinski definition) is 6. The van der Waals surface area contributed by atoms with Crippen LogP contribution in [0.2, 0.25) is 0 Å². The van der Waals surface area contributed by atoms with E-state index in [0.717, 1.165) is 18.6 Å². The Balaban J connectivity index is 1.55. The second-order valence-electron chi connectivity index (χ2n) is 7.70. The minimum Gasteiger partial charge on any atom is -0.494 e. The van der Waals surface area contributed by atoms with Gasteiger partial charge in [-0.3, -0.25) is 4.79 Å². The van der Waals surface area contributed by atoms with E-state index in [-0.39, 0.29) is 11.3 Å². The fraction of sp³-hybridized carbons (Fsp3) is 0.375. The Bertz CT molecular complexity index is 1020. The van der Waals surface area contributed by atoms with Crippen molar-refractivity contribution < 1.29 is 18.7 Å². The highest BCUT2D eigenvalue weighted by Crippen LogP contribution is 2.35. The highest BCUT2D eigenvalue weighted by atomic mass is 16.5. The summed E-state index contributed by atoms with van der Waals surface area (Å²) in [5.41, 5.74) is 2.14. The maximum absolute atomic E-state index is 13.1. The molecule has 1 fully saturated rings. The molecule has 0 atom stereocenters. The van der Waals surface area contributed by atoms with Crippen LogP contribution in [-0.2, 0) is 10.2 Å². The first-order chi connectivity index (χ1) is 15.1. The number of rotatable bonds is 7. The van der Waals surface area contributed by atoms with Gasteiger partial charge in [-0.1, -0.05) is 24.3 Å². The molecule has 0 spiro atoms. The predicted molar refractivity (Wildman–Crippen MR) is 116 cm³/mol. The Morgan fingerprint density at radius 3 is 2.52 bits per heavy atom. The summed E-state index contributed by atoms with van der Waals surface area (Å²) in [6.07, 6.45) is 1.68. The van der Waals surface area contributed by atoms with Crippen LogP contribution in [0.25, 0.3) is 11.5 Å². The summed E-state index contributed by atoms with van der Waals surface area (Å²) >= 11 is 0. The molecule has 7 heteroatoms. The molecule has 31 heavy (non-hydrogen) atoms. The van der Waals surface area contributed by atoms with Crippen molar-refractivity contribution in [1.29, 1.82) is 0 Å². The van der Waals surface area contributed by atoms with E-state index in [9.17, 15) is 4.79 Å². The lowest BCUT2D eigenvalue weighted by molar-refractivity contribution is 0.0487. The molecule has 0 unspecified atom stereocenters. The number of aryl methyl sites for hydroxylation is 1. The normalized spacial score (nSPS) is 15.4. The van der Waals surface area contributed by atoms with Gasteiger partial charge < -0.3 is 19.2 Å². The number of nitrogens with one attached hydrogen (secondary N) is 1. The smallest absolute Gasteiger partial charge is 0.252 e. The predicted octanol–water partition coefficient (Wildman–Crippen LogP) is 3.92. The molecule has 1 aromatic heterocycles. The van der Waals surface area contributed by atoms with Crippen LogP contribution in [0.4, 0.5) is 0 Å². The van der Waals surface area contributed by atoms with Gasteiger partial charge in [0, 0.05) is 32.1 Å². The number of hydrogen-bond donors (Lipinski definition) is 1. The average molecular weight is 421 g/mol. The molecular formula is C24H27N3O4. The van der Waals surface area contributed by atoms with Crippen LogP contribution in [-0.4, -0.2) is 42.5 Å². The lowest BCUT2D eigenvalue weighted by atomic mass is 9.74. The number of amides is 1. The average Bonchev–Trinajstić information content (AvgIpc) is 3.25. The van der Waals surface area contributed by atoms with Crippen molar-refractivity contribution >= 4 is 5.91 Å². The SMILES string of the molecule is CCOc1ccc(C2(CNC(=O)c3ccccc3-c3nnc(C)o3)CCOCC2)cc1. The highest BCUT2D eigenvalue weighted by Gasteiger charge is 2.35. The molecule has 0 radical (unpaired) electrons. The summed E-state index contributed by atoms with van der Waals surface area (Å²) in [5.74, 6) is 1.49. The molecule has 2 aromatic carbocycles. The van der Waals surface area contributed by atoms with Gasteiger partial charge in [-0.05, 0) is 49.6 Å². The molecule has 1 saturated heterocycles. The fourth-order valence-electron chi connectivity index (χ4n) is 4.02. The maximum atomic E-state index is 13.1. The molecule has 1 amide bonds. The molecule has 2 heterocycles. The first-order valence-electron chi connectivity index (χ1n) is 10.6. The summed E-state index contributed by atoms with van der Waals surface area (Å²) < 4.78 is 16.7. The van der Waals surface area contributed by atoms with E-state index in [1.165, 1.54) is 5.56 Å². The summed E-state index contributed by atoms with van der Waals surface area (Å²) in [6.45, 7) is 6.18. The molecule has 1 aliphatic heterocycles. The van der Waals surface area contributed by atoms with Crippen molar-refractivity contribution in [2.24, 2.45) is 0 Å². The lowest BCUT2D eigenvalue weighted by Gasteiger charge is -2.38. The van der Waals surface area contributed by atoms with Gasteiger partial charge >= 0.3 is 0 Å². The van der Waals surface area contributed by atoms with Gasteiger partial charge in [0.1, 0.15) is 5.75 Å². The molecule has 0 bridgehead atoms. The van der Waals surface area contributed by atoms with Crippen LogP contribution in [0, 0.1) is 6.92 Å². The molecule has 3 aromatic rings. The summed E-state index contributed by atoms with van der Waals surface area (Å²) in [7, 11) is 0. The molecule has 7 nitrogen and oxygen atoms in total. The largest absolute Gasteiger partial charge is 0.494 e. The maximum Gasteiger partial charge on any atom is 0.252 e. The van der Waals surface area contributed by atoms with Crippen molar-refractivity contribution in [2.45, 2.75) is 32.1 Å². The third kappa shape index (κ3) is 4.61. The molecular weight excluding hydrogens is 394 g/mol. The Labute approximate surface area is 181 Å². The van der Waals surface area contributed by atoms with Crippen LogP contribution in [0.5, 0.6) is 5.75 Å². The number of aromatic nitrogens is 2. The van der Waals surface area contributed by atoms with Crippen molar-refractivity contribution in [3.05, 3.63) is 65.5 Å². The lowest BCUT2D eigenvalue weighted by Crippen LogP contribution is -2.44. The molecule has 0 aliphatic carbocycles. The van der Waals surface area contributed by atoms with Crippen molar-refractivity contribution in [3.8, 4) is 17.2 Å². The topological polar surface area (TPSA) is 86.5 Å². The minimum absolute atomic E-state index is 0.164. The number of carbonyl (C=O) groups is 1. The van der Waals surface area contributed by atoms with Gasteiger partial charge in [-0.25, -0.2) is 0 Å². The van der Waals surface area contributed by atoms with E-state index in [1.54, 1.807) is 13.0 Å².